The third-order valence-electron chi connectivity index (χ3n) is 5.98. The summed E-state index contributed by atoms with van der Waals surface area (Å²) in [6, 6.07) is 11.4. The Kier molecular flexibility index (Phi) is 10.3. The molecule has 1 fully saturated rings. The van der Waals surface area contributed by atoms with Crippen LogP contribution in [0, 0.1) is 0 Å². The van der Waals surface area contributed by atoms with Crippen molar-refractivity contribution in [2.75, 3.05) is 56.1 Å². The highest BCUT2D eigenvalue weighted by Crippen LogP contribution is 2.53. The van der Waals surface area contributed by atoms with Crippen molar-refractivity contribution in [1.29, 1.82) is 0 Å². The summed E-state index contributed by atoms with van der Waals surface area (Å²) in [6.07, 6.45) is -2.72. The minimum absolute atomic E-state index is 0.0510. The number of esters is 2. The monoisotopic (exact) mass is 566 g/mol. The van der Waals surface area contributed by atoms with Crippen molar-refractivity contribution in [3.05, 3.63) is 53.6 Å². The van der Waals surface area contributed by atoms with Gasteiger partial charge >= 0.3 is 19.6 Å². The topological polar surface area (TPSA) is 122 Å². The van der Waals surface area contributed by atoms with E-state index >= 15 is 0 Å². The first-order valence-electron chi connectivity index (χ1n) is 12.1. The van der Waals surface area contributed by atoms with E-state index in [0.717, 1.165) is 0 Å². The zero-order valence-electron chi connectivity index (χ0n) is 23.1. The second kappa shape index (κ2) is 13.3. The molecule has 1 unspecified atom stereocenters. The molecule has 39 heavy (non-hydrogen) atoms. The maximum absolute atomic E-state index is 13.4. The van der Waals surface area contributed by atoms with Gasteiger partial charge in [-0.05, 0) is 52.5 Å². The predicted octanol–water partition coefficient (Wildman–Crippen LogP) is 3.46. The molecule has 214 valence electrons. The van der Waals surface area contributed by atoms with Crippen molar-refractivity contribution in [2.24, 2.45) is 0 Å². The fourth-order valence-corrected chi connectivity index (χ4v) is 5.47. The van der Waals surface area contributed by atoms with E-state index in [1.807, 2.05) is 0 Å². The van der Waals surface area contributed by atoms with E-state index in [2.05, 4.69) is 0 Å². The molecule has 3 atom stereocenters. The number of hydrogen-bond donors (Lipinski definition) is 0. The lowest BCUT2D eigenvalue weighted by Crippen LogP contribution is -2.32. The second-order valence-corrected chi connectivity index (χ2v) is 11.7. The van der Waals surface area contributed by atoms with Crippen molar-refractivity contribution in [3.8, 4) is 17.2 Å². The van der Waals surface area contributed by atoms with Crippen molar-refractivity contribution < 1.29 is 47.1 Å². The van der Waals surface area contributed by atoms with Crippen LogP contribution in [-0.4, -0.2) is 95.9 Å². The SMILES string of the molecule is COc1cc(C(=O)O[C@H]2CC(OP(=O)(N(C)C)N(C)C)O[C@@H]2COC(=O)c2ccccc2)cc(OC)c1OC. The third-order valence-corrected chi connectivity index (χ3v) is 8.51. The first-order chi connectivity index (χ1) is 18.5. The third kappa shape index (κ3) is 7.09. The summed E-state index contributed by atoms with van der Waals surface area (Å²) < 4.78 is 55.3. The summed E-state index contributed by atoms with van der Waals surface area (Å²) in [5.74, 6) is -0.391. The van der Waals surface area contributed by atoms with E-state index < -0.39 is 38.1 Å². The minimum atomic E-state index is -3.43. The van der Waals surface area contributed by atoms with Crippen LogP contribution in [0.5, 0.6) is 17.2 Å². The van der Waals surface area contributed by atoms with Gasteiger partial charge in [0.25, 0.3) is 0 Å². The lowest BCUT2D eigenvalue weighted by molar-refractivity contribution is -0.101. The summed E-state index contributed by atoms with van der Waals surface area (Å²) >= 11 is 0. The number of ether oxygens (including phenoxy) is 6. The van der Waals surface area contributed by atoms with Gasteiger partial charge in [-0.25, -0.2) is 18.9 Å². The molecule has 0 radical (unpaired) electrons. The molecule has 1 aliphatic rings. The molecule has 0 aliphatic carbocycles. The van der Waals surface area contributed by atoms with Crippen LogP contribution in [-0.2, 0) is 23.3 Å². The Hall–Kier alpha value is -3.15. The van der Waals surface area contributed by atoms with Crippen molar-refractivity contribution >= 4 is 19.6 Å². The number of carbonyl (C=O) groups excluding carboxylic acids is 2. The van der Waals surface area contributed by atoms with Crippen LogP contribution in [0.25, 0.3) is 0 Å². The largest absolute Gasteiger partial charge is 0.493 e. The van der Waals surface area contributed by atoms with Crippen LogP contribution in [0.4, 0.5) is 0 Å². The molecule has 2 aromatic rings. The van der Waals surface area contributed by atoms with Gasteiger partial charge in [0.15, 0.2) is 17.8 Å². The Labute approximate surface area is 228 Å². The number of nitrogens with zero attached hydrogens (tertiary/aromatic N) is 2. The Balaban J connectivity index is 1.82. The molecule has 3 rings (SSSR count). The van der Waals surface area contributed by atoms with Gasteiger partial charge in [0.2, 0.25) is 5.75 Å². The fourth-order valence-electron chi connectivity index (χ4n) is 3.94. The van der Waals surface area contributed by atoms with Gasteiger partial charge in [-0.3, -0.25) is 9.09 Å². The molecule has 12 nitrogen and oxygen atoms in total. The summed E-state index contributed by atoms with van der Waals surface area (Å²) in [7, 11) is 7.38. The van der Waals surface area contributed by atoms with Crippen LogP contribution in [0.2, 0.25) is 0 Å². The van der Waals surface area contributed by atoms with Gasteiger partial charge in [0.1, 0.15) is 18.8 Å². The van der Waals surface area contributed by atoms with Gasteiger partial charge in [0, 0.05) is 6.42 Å². The highest BCUT2D eigenvalue weighted by atomic mass is 31.2. The number of benzene rings is 2. The van der Waals surface area contributed by atoms with Crippen LogP contribution in [0.15, 0.2) is 42.5 Å². The average Bonchev–Trinajstić information content (AvgIpc) is 3.30. The number of hydrogen-bond acceptors (Lipinski definition) is 10. The molecule has 0 aromatic heterocycles. The number of carbonyl (C=O) groups is 2. The number of methoxy groups -OCH3 is 3. The Morgan fingerprint density at radius 2 is 1.49 bits per heavy atom. The van der Waals surface area contributed by atoms with Gasteiger partial charge in [-0.1, -0.05) is 18.2 Å². The molecule has 0 amide bonds. The molecule has 13 heteroatoms. The summed E-state index contributed by atoms with van der Waals surface area (Å²) in [5.41, 5.74) is 0.500. The van der Waals surface area contributed by atoms with Crippen LogP contribution < -0.4 is 14.2 Å². The first-order valence-corrected chi connectivity index (χ1v) is 13.6. The highest BCUT2D eigenvalue weighted by molar-refractivity contribution is 7.53. The molecule has 0 saturated carbocycles. The highest BCUT2D eigenvalue weighted by Gasteiger charge is 2.44. The fraction of sp³-hybridized carbons (Fsp3) is 0.462. The van der Waals surface area contributed by atoms with E-state index in [1.54, 1.807) is 58.5 Å². The van der Waals surface area contributed by atoms with E-state index in [1.165, 1.54) is 42.8 Å². The van der Waals surface area contributed by atoms with Gasteiger partial charge < -0.3 is 28.4 Å². The molecule has 1 saturated heterocycles. The normalized spacial score (nSPS) is 19.2. The quantitative estimate of drug-likeness (QED) is 0.276. The Morgan fingerprint density at radius 3 is 2.00 bits per heavy atom. The minimum Gasteiger partial charge on any atom is -0.493 e. The maximum atomic E-state index is 13.4. The molecule has 0 N–H and O–H groups in total. The Morgan fingerprint density at radius 1 is 0.897 bits per heavy atom. The molecular formula is C26H35N2O10P. The maximum Gasteiger partial charge on any atom is 0.347 e. The zero-order chi connectivity index (χ0) is 28.7. The lowest BCUT2D eigenvalue weighted by Gasteiger charge is -2.31. The van der Waals surface area contributed by atoms with E-state index in [4.69, 9.17) is 32.9 Å². The summed E-state index contributed by atoms with van der Waals surface area (Å²) in [6.45, 7) is -0.227. The molecule has 1 aliphatic heterocycles. The van der Waals surface area contributed by atoms with Crippen molar-refractivity contribution in [1.82, 2.24) is 9.34 Å². The molecule has 1 heterocycles. The van der Waals surface area contributed by atoms with Gasteiger partial charge in [-0.2, -0.15) is 0 Å². The van der Waals surface area contributed by atoms with Crippen molar-refractivity contribution in [3.63, 3.8) is 0 Å². The van der Waals surface area contributed by atoms with E-state index in [0.29, 0.717) is 11.3 Å². The zero-order valence-corrected chi connectivity index (χ0v) is 24.0. The Bertz CT molecular complexity index is 1150. The van der Waals surface area contributed by atoms with Gasteiger partial charge in [-0.15, -0.1) is 0 Å². The smallest absolute Gasteiger partial charge is 0.347 e. The number of rotatable bonds is 12. The molecule has 0 spiro atoms. The summed E-state index contributed by atoms with van der Waals surface area (Å²) in [4.78, 5) is 25.7. The molecule has 2 aromatic carbocycles. The predicted molar refractivity (Wildman–Crippen MR) is 141 cm³/mol. The second-order valence-electron chi connectivity index (χ2n) is 8.95. The summed E-state index contributed by atoms with van der Waals surface area (Å²) in [5, 5.41) is 0. The van der Waals surface area contributed by atoms with Gasteiger partial charge in [0.05, 0.1) is 32.5 Å². The molecular weight excluding hydrogens is 531 g/mol. The average molecular weight is 567 g/mol. The van der Waals surface area contributed by atoms with Crippen LogP contribution in [0.3, 0.4) is 0 Å². The standard InChI is InChI=1S/C26H35N2O10P/c1-27(2)39(31,28(3)4)38-23-15-19(22(36-23)16-35-25(29)17-11-9-8-10-12-17)37-26(30)18-13-20(32-5)24(34-7)21(14-18)33-6/h8-14,19,22-23H,15-16H2,1-7H3/t19-,22+,23?/m0/s1. The first kappa shape index (κ1) is 30.4. The van der Waals surface area contributed by atoms with E-state index in [9.17, 15) is 14.2 Å². The lowest BCUT2D eigenvalue weighted by atomic mass is 10.1. The van der Waals surface area contributed by atoms with Crippen molar-refractivity contribution in [2.45, 2.75) is 24.9 Å². The van der Waals surface area contributed by atoms with Crippen LogP contribution in [0.1, 0.15) is 27.1 Å². The van der Waals surface area contributed by atoms with E-state index in [-0.39, 0.29) is 30.1 Å². The molecule has 0 bridgehead atoms. The van der Waals surface area contributed by atoms with Crippen LogP contribution >= 0.6 is 7.67 Å².